The summed E-state index contributed by atoms with van der Waals surface area (Å²) in [7, 11) is 2.43. The summed E-state index contributed by atoms with van der Waals surface area (Å²) in [5, 5.41) is 3.18. The molecule has 0 bridgehead atoms. The maximum absolute atomic E-state index is 11.0. The number of methoxy groups -OCH3 is 2. The molecule has 148 valence electrons. The molecule has 0 heterocycles. The topological polar surface area (TPSA) is 154 Å². The quantitative estimate of drug-likeness (QED) is 0.145. The molecule has 0 amide bonds. The minimum atomic E-state index is -1.14. The predicted molar refractivity (Wildman–Crippen MR) is 92.1 cm³/mol. The molecule has 4 unspecified atom stereocenters. The van der Waals surface area contributed by atoms with Crippen LogP contribution in [0.3, 0.4) is 0 Å². The largest absolute Gasteiger partial charge is 0.469 e. The van der Waals surface area contributed by atoms with Crippen LogP contribution in [-0.2, 0) is 38.1 Å². The Hall–Kier alpha value is -2.33. The summed E-state index contributed by atoms with van der Waals surface area (Å²) >= 11 is 3.05. The van der Waals surface area contributed by atoms with Crippen molar-refractivity contribution in [3.63, 3.8) is 0 Å². The van der Waals surface area contributed by atoms with Crippen LogP contribution in [-0.4, -0.2) is 61.2 Å². The zero-order valence-corrected chi connectivity index (χ0v) is 16.9. The van der Waals surface area contributed by atoms with Crippen molar-refractivity contribution in [1.82, 2.24) is 0 Å². The first-order valence-electron chi connectivity index (χ1n) is 7.20. The fraction of sp³-hybridized carbons (Fsp3) is 0.714. The summed E-state index contributed by atoms with van der Waals surface area (Å²) in [6.07, 6.45) is -1.36. The van der Waals surface area contributed by atoms with E-state index < -0.39 is 47.0 Å². The van der Waals surface area contributed by atoms with Gasteiger partial charge >= 0.3 is 23.9 Å². The Balaban J connectivity index is 0. The summed E-state index contributed by atoms with van der Waals surface area (Å²) in [5.74, 6) is -2.17. The van der Waals surface area contributed by atoms with E-state index in [1.807, 2.05) is 0 Å². The predicted octanol–water partition coefficient (Wildman–Crippen LogP) is 1.66. The third kappa shape index (κ3) is 11.3. The lowest BCUT2D eigenvalue weighted by atomic mass is 10.2. The van der Waals surface area contributed by atoms with E-state index in [2.05, 4.69) is 40.2 Å². The van der Waals surface area contributed by atoms with E-state index in [0.29, 0.717) is 0 Å². The number of ether oxygens (including phenoxy) is 4. The van der Waals surface area contributed by atoms with Gasteiger partial charge in [-0.05, 0) is 19.4 Å². The molecule has 4 atom stereocenters. The third-order valence-electron chi connectivity index (χ3n) is 2.61. The molecule has 26 heavy (non-hydrogen) atoms. The molecule has 0 radical (unpaired) electrons. The standard InChI is InChI=1S/C7H11BrO4.C7H11N3O4/c1-4(12-5(2)9)6(8)7(10)11-3;1-4(14-5(2)11)6(9-10-8)7(12)13-3/h4,6H,1-3H3;4,6H,1-3H3. The van der Waals surface area contributed by atoms with Crippen LogP contribution in [0, 0.1) is 0 Å². The van der Waals surface area contributed by atoms with Gasteiger partial charge in [0.15, 0.2) is 6.04 Å². The van der Waals surface area contributed by atoms with Crippen molar-refractivity contribution in [2.24, 2.45) is 5.11 Å². The van der Waals surface area contributed by atoms with Crippen molar-refractivity contribution >= 4 is 39.8 Å². The number of halogens is 1. The van der Waals surface area contributed by atoms with Crippen molar-refractivity contribution in [1.29, 1.82) is 0 Å². The Morgan fingerprint density at radius 2 is 1.35 bits per heavy atom. The van der Waals surface area contributed by atoms with Gasteiger partial charge in [0.2, 0.25) is 0 Å². The zero-order chi connectivity index (χ0) is 20.9. The average molecular weight is 440 g/mol. The number of hydrogen-bond donors (Lipinski definition) is 0. The molecule has 0 aromatic heterocycles. The van der Waals surface area contributed by atoms with E-state index in [9.17, 15) is 19.2 Å². The Morgan fingerprint density at radius 1 is 0.923 bits per heavy atom. The molecule has 11 nitrogen and oxygen atoms in total. The van der Waals surface area contributed by atoms with E-state index in [1.54, 1.807) is 6.92 Å². The van der Waals surface area contributed by atoms with Crippen molar-refractivity contribution in [3.8, 4) is 0 Å². The lowest BCUT2D eigenvalue weighted by Gasteiger charge is -2.16. The summed E-state index contributed by atoms with van der Waals surface area (Å²) < 4.78 is 18.2. The summed E-state index contributed by atoms with van der Waals surface area (Å²) in [4.78, 5) is 44.8. The number of carbonyl (C=O) groups excluding carboxylic acids is 4. The normalized spacial score (nSPS) is 14.0. The van der Waals surface area contributed by atoms with E-state index in [4.69, 9.17) is 10.3 Å². The Bertz CT molecular complexity index is 550. The highest BCUT2D eigenvalue weighted by Gasteiger charge is 2.27. The Morgan fingerprint density at radius 3 is 1.69 bits per heavy atom. The highest BCUT2D eigenvalue weighted by Crippen LogP contribution is 2.11. The van der Waals surface area contributed by atoms with Gasteiger partial charge < -0.3 is 18.9 Å². The molecule has 0 fully saturated rings. The smallest absolute Gasteiger partial charge is 0.323 e. The number of nitrogens with zero attached hydrogens (tertiary/aromatic N) is 3. The molecule has 0 aliphatic rings. The molecule has 0 saturated heterocycles. The summed E-state index contributed by atoms with van der Waals surface area (Å²) in [6, 6.07) is -1.14. The second-order valence-electron chi connectivity index (χ2n) is 4.73. The zero-order valence-electron chi connectivity index (χ0n) is 15.3. The van der Waals surface area contributed by atoms with Crippen LogP contribution in [0.1, 0.15) is 27.7 Å². The summed E-state index contributed by atoms with van der Waals surface area (Å²) in [5.41, 5.74) is 8.17. The van der Waals surface area contributed by atoms with Crippen LogP contribution in [0.4, 0.5) is 0 Å². The molecule has 0 rings (SSSR count). The van der Waals surface area contributed by atoms with Crippen LogP contribution in [0.25, 0.3) is 10.4 Å². The van der Waals surface area contributed by atoms with Crippen molar-refractivity contribution in [2.45, 2.75) is 50.8 Å². The van der Waals surface area contributed by atoms with E-state index >= 15 is 0 Å². The van der Waals surface area contributed by atoms with Crippen molar-refractivity contribution < 1.29 is 38.1 Å². The molecule has 12 heteroatoms. The SMILES string of the molecule is COC(=O)C(Br)C(C)OC(C)=O.COC(=O)C(N=[N+]=[N-])C(C)OC(C)=O. The second kappa shape index (κ2) is 13.9. The van der Waals surface area contributed by atoms with Gasteiger partial charge in [0.25, 0.3) is 0 Å². The number of esters is 4. The first-order chi connectivity index (χ1) is 12.0. The molecule has 0 aliphatic carbocycles. The Labute approximate surface area is 159 Å². The van der Waals surface area contributed by atoms with Crippen LogP contribution in [0.2, 0.25) is 0 Å². The maximum atomic E-state index is 11.0. The monoisotopic (exact) mass is 439 g/mol. The van der Waals surface area contributed by atoms with Crippen LogP contribution < -0.4 is 0 Å². The van der Waals surface area contributed by atoms with Crippen LogP contribution >= 0.6 is 15.9 Å². The fourth-order valence-corrected chi connectivity index (χ4v) is 1.76. The molecule has 0 aliphatic heterocycles. The molecule has 0 spiro atoms. The molecular formula is C14H22BrN3O8. The van der Waals surface area contributed by atoms with Gasteiger partial charge in [-0.3, -0.25) is 19.2 Å². The van der Waals surface area contributed by atoms with Gasteiger partial charge in [0, 0.05) is 18.8 Å². The van der Waals surface area contributed by atoms with Crippen molar-refractivity contribution in [2.75, 3.05) is 14.2 Å². The van der Waals surface area contributed by atoms with Gasteiger partial charge in [-0.25, -0.2) is 0 Å². The van der Waals surface area contributed by atoms with Gasteiger partial charge in [-0.1, -0.05) is 21.0 Å². The number of azide groups is 1. The van der Waals surface area contributed by atoms with Gasteiger partial charge in [0.1, 0.15) is 17.0 Å². The lowest BCUT2D eigenvalue weighted by molar-refractivity contribution is -0.154. The first-order valence-corrected chi connectivity index (χ1v) is 8.11. The molecular weight excluding hydrogens is 418 g/mol. The number of hydrogen-bond acceptors (Lipinski definition) is 9. The third-order valence-corrected chi connectivity index (χ3v) is 3.72. The van der Waals surface area contributed by atoms with Crippen molar-refractivity contribution in [3.05, 3.63) is 10.4 Å². The first kappa shape index (κ1) is 25.9. The van der Waals surface area contributed by atoms with Gasteiger partial charge in [-0.2, -0.15) is 0 Å². The molecule has 0 saturated carbocycles. The minimum Gasteiger partial charge on any atom is -0.469 e. The molecule has 0 N–H and O–H groups in total. The van der Waals surface area contributed by atoms with Crippen LogP contribution in [0.15, 0.2) is 5.11 Å². The number of alkyl halides is 1. The van der Waals surface area contributed by atoms with E-state index in [0.717, 1.165) is 7.11 Å². The van der Waals surface area contributed by atoms with Gasteiger partial charge in [-0.15, -0.1) is 0 Å². The highest BCUT2D eigenvalue weighted by atomic mass is 79.9. The second-order valence-corrected chi connectivity index (χ2v) is 5.71. The van der Waals surface area contributed by atoms with E-state index in [-0.39, 0.29) is 0 Å². The molecule has 0 aromatic carbocycles. The van der Waals surface area contributed by atoms with Crippen LogP contribution in [0.5, 0.6) is 0 Å². The molecule has 0 aromatic rings. The fourth-order valence-electron chi connectivity index (χ4n) is 1.46. The minimum absolute atomic E-state index is 0.421. The Kier molecular flexibility index (Phi) is 13.9. The summed E-state index contributed by atoms with van der Waals surface area (Å²) in [6.45, 7) is 5.53. The van der Waals surface area contributed by atoms with E-state index in [1.165, 1.54) is 27.9 Å². The number of rotatable bonds is 7. The lowest BCUT2D eigenvalue weighted by Crippen LogP contribution is -2.34. The number of carbonyl (C=O) groups is 4. The van der Waals surface area contributed by atoms with Gasteiger partial charge in [0.05, 0.1) is 14.2 Å². The average Bonchev–Trinajstić information content (AvgIpc) is 2.56. The maximum Gasteiger partial charge on any atom is 0.323 e. The highest BCUT2D eigenvalue weighted by molar-refractivity contribution is 9.10.